The smallest absolute Gasteiger partial charge is 0.122 e. The lowest BCUT2D eigenvalue weighted by Gasteiger charge is -2.35. The Morgan fingerprint density at radius 2 is 2.11 bits per heavy atom. The van der Waals surface area contributed by atoms with E-state index in [1.54, 1.807) is 0 Å². The Bertz CT molecular complexity index is 428. The van der Waals surface area contributed by atoms with Gasteiger partial charge >= 0.3 is 0 Å². The summed E-state index contributed by atoms with van der Waals surface area (Å²) in [4.78, 5) is 4.64. The van der Waals surface area contributed by atoms with Gasteiger partial charge in [0, 0.05) is 6.04 Å². The predicted octanol–water partition coefficient (Wildman–Crippen LogP) is 3.34. The van der Waals surface area contributed by atoms with E-state index in [1.165, 1.54) is 25.7 Å². The fourth-order valence-electron chi connectivity index (χ4n) is 2.98. The standard InChI is InChI=1S/C15H23N3S/c1-10(2)12-5-3-4-6-13(12)18-11-7-8-14(15(16)19)17-9-11/h7-10,12-13,18H,3-6H2,1-2H3,(H2,16,19). The van der Waals surface area contributed by atoms with Gasteiger partial charge in [0.1, 0.15) is 4.99 Å². The largest absolute Gasteiger partial charge is 0.388 e. The maximum atomic E-state index is 5.56. The molecular formula is C15H23N3S. The van der Waals surface area contributed by atoms with Gasteiger partial charge in [0.25, 0.3) is 0 Å². The van der Waals surface area contributed by atoms with E-state index >= 15 is 0 Å². The highest BCUT2D eigenvalue weighted by Crippen LogP contribution is 2.32. The molecule has 0 aromatic carbocycles. The first kappa shape index (κ1) is 14.3. The maximum Gasteiger partial charge on any atom is 0.122 e. The number of nitrogens with zero attached hydrogens (tertiary/aromatic N) is 1. The first-order chi connectivity index (χ1) is 9.08. The van der Waals surface area contributed by atoms with Gasteiger partial charge in [0.2, 0.25) is 0 Å². The van der Waals surface area contributed by atoms with E-state index in [0.717, 1.165) is 17.5 Å². The van der Waals surface area contributed by atoms with Crippen molar-refractivity contribution in [3.63, 3.8) is 0 Å². The van der Waals surface area contributed by atoms with Crippen LogP contribution in [0.5, 0.6) is 0 Å². The molecule has 1 aliphatic rings. The summed E-state index contributed by atoms with van der Waals surface area (Å²) in [6.07, 6.45) is 7.09. The van der Waals surface area contributed by atoms with E-state index in [4.69, 9.17) is 18.0 Å². The fraction of sp³-hybridized carbons (Fsp3) is 0.600. The Kier molecular flexibility index (Phi) is 4.75. The van der Waals surface area contributed by atoms with Crippen LogP contribution in [0.4, 0.5) is 5.69 Å². The van der Waals surface area contributed by atoms with E-state index in [-0.39, 0.29) is 0 Å². The molecule has 1 aromatic rings. The molecule has 2 atom stereocenters. The third kappa shape index (κ3) is 3.66. The fourth-order valence-corrected chi connectivity index (χ4v) is 3.10. The number of nitrogens with two attached hydrogens (primary N) is 1. The molecule has 1 fully saturated rings. The second-order valence-electron chi connectivity index (χ2n) is 5.74. The minimum atomic E-state index is 0.351. The number of thiocarbonyl (C=S) groups is 1. The van der Waals surface area contributed by atoms with Gasteiger partial charge in [-0.2, -0.15) is 0 Å². The predicted molar refractivity (Wildman–Crippen MR) is 84.3 cm³/mol. The highest BCUT2D eigenvalue weighted by atomic mass is 32.1. The second kappa shape index (κ2) is 6.33. The van der Waals surface area contributed by atoms with Crippen LogP contribution in [0.25, 0.3) is 0 Å². The van der Waals surface area contributed by atoms with Gasteiger partial charge in [-0.3, -0.25) is 4.98 Å². The quantitative estimate of drug-likeness (QED) is 0.829. The molecule has 1 heterocycles. The van der Waals surface area contributed by atoms with Crippen molar-refractivity contribution < 1.29 is 0 Å². The van der Waals surface area contributed by atoms with Gasteiger partial charge in [-0.1, -0.05) is 38.9 Å². The summed E-state index contributed by atoms with van der Waals surface area (Å²) in [5.74, 6) is 1.48. The van der Waals surface area contributed by atoms with E-state index in [2.05, 4.69) is 24.1 Å². The van der Waals surface area contributed by atoms with Crippen LogP contribution in [-0.4, -0.2) is 16.0 Å². The van der Waals surface area contributed by atoms with Crippen molar-refractivity contribution in [2.45, 2.75) is 45.6 Å². The average molecular weight is 277 g/mol. The van der Waals surface area contributed by atoms with Crippen molar-refractivity contribution in [1.29, 1.82) is 0 Å². The van der Waals surface area contributed by atoms with Gasteiger partial charge in [-0.05, 0) is 36.8 Å². The van der Waals surface area contributed by atoms with E-state index in [1.807, 2.05) is 18.3 Å². The number of anilines is 1. The summed E-state index contributed by atoms with van der Waals surface area (Å²) in [5, 5.41) is 3.63. The molecule has 3 N–H and O–H groups in total. The molecule has 4 heteroatoms. The molecular weight excluding hydrogens is 254 g/mol. The summed E-state index contributed by atoms with van der Waals surface area (Å²) in [6.45, 7) is 4.64. The van der Waals surface area contributed by atoms with E-state index in [0.29, 0.717) is 16.7 Å². The SMILES string of the molecule is CC(C)C1CCCCC1Nc1ccc(C(N)=S)nc1. The Balaban J connectivity index is 2.04. The molecule has 1 saturated carbocycles. The second-order valence-corrected chi connectivity index (χ2v) is 6.18. The van der Waals surface area contributed by atoms with E-state index in [9.17, 15) is 0 Å². The third-order valence-corrected chi connectivity index (χ3v) is 4.25. The number of hydrogen-bond donors (Lipinski definition) is 2. The number of nitrogens with one attached hydrogen (secondary N) is 1. The molecule has 3 nitrogen and oxygen atoms in total. The monoisotopic (exact) mass is 277 g/mol. The molecule has 1 aliphatic carbocycles. The minimum Gasteiger partial charge on any atom is -0.388 e. The van der Waals surface area contributed by atoms with E-state index < -0.39 is 0 Å². The van der Waals surface area contributed by atoms with Gasteiger partial charge in [-0.15, -0.1) is 0 Å². The van der Waals surface area contributed by atoms with Crippen LogP contribution in [-0.2, 0) is 0 Å². The molecule has 19 heavy (non-hydrogen) atoms. The molecule has 0 spiro atoms. The first-order valence-corrected chi connectivity index (χ1v) is 7.51. The van der Waals surface area contributed by atoms with Crippen molar-refractivity contribution in [1.82, 2.24) is 4.98 Å². The van der Waals surface area contributed by atoms with Crippen LogP contribution in [0.2, 0.25) is 0 Å². The highest BCUT2D eigenvalue weighted by Gasteiger charge is 2.27. The zero-order chi connectivity index (χ0) is 13.8. The number of rotatable bonds is 4. The molecule has 0 aliphatic heterocycles. The highest BCUT2D eigenvalue weighted by molar-refractivity contribution is 7.80. The van der Waals surface area contributed by atoms with Crippen LogP contribution >= 0.6 is 12.2 Å². The van der Waals surface area contributed by atoms with Crippen LogP contribution in [0.1, 0.15) is 45.2 Å². The minimum absolute atomic E-state index is 0.351. The number of hydrogen-bond acceptors (Lipinski definition) is 3. The zero-order valence-electron chi connectivity index (χ0n) is 11.7. The Morgan fingerprint density at radius 3 is 2.68 bits per heavy atom. The van der Waals surface area contributed by atoms with Crippen molar-refractivity contribution >= 4 is 22.9 Å². The van der Waals surface area contributed by atoms with Crippen molar-refractivity contribution in [3.05, 3.63) is 24.0 Å². The number of pyridine rings is 1. The normalized spacial score (nSPS) is 23.3. The summed E-state index contributed by atoms with van der Waals surface area (Å²) >= 11 is 4.91. The lowest BCUT2D eigenvalue weighted by atomic mass is 9.78. The van der Waals surface area contributed by atoms with Gasteiger partial charge < -0.3 is 11.1 Å². The molecule has 0 amide bonds. The molecule has 0 bridgehead atoms. The van der Waals surface area contributed by atoms with Crippen LogP contribution in [0.15, 0.2) is 18.3 Å². The van der Waals surface area contributed by atoms with Gasteiger partial charge in [0.05, 0.1) is 17.6 Å². The Labute approximate surface area is 121 Å². The topological polar surface area (TPSA) is 50.9 Å². The maximum absolute atomic E-state index is 5.56. The number of aromatic nitrogens is 1. The summed E-state index contributed by atoms with van der Waals surface area (Å²) in [7, 11) is 0. The van der Waals surface area contributed by atoms with Gasteiger partial charge in [-0.25, -0.2) is 0 Å². The molecule has 1 aromatic heterocycles. The zero-order valence-corrected chi connectivity index (χ0v) is 12.5. The Morgan fingerprint density at radius 1 is 1.37 bits per heavy atom. The van der Waals surface area contributed by atoms with Crippen molar-refractivity contribution in [2.24, 2.45) is 17.6 Å². The van der Waals surface area contributed by atoms with Crippen molar-refractivity contribution in [2.75, 3.05) is 5.32 Å². The molecule has 2 rings (SSSR count). The molecule has 0 radical (unpaired) electrons. The first-order valence-electron chi connectivity index (χ1n) is 7.10. The molecule has 104 valence electrons. The summed E-state index contributed by atoms with van der Waals surface area (Å²) in [6, 6.07) is 4.47. The lowest BCUT2D eigenvalue weighted by Crippen LogP contribution is -2.35. The summed E-state index contributed by atoms with van der Waals surface area (Å²) < 4.78 is 0. The van der Waals surface area contributed by atoms with Gasteiger partial charge in [0.15, 0.2) is 0 Å². The molecule has 2 unspecified atom stereocenters. The molecule has 0 saturated heterocycles. The Hall–Kier alpha value is -1.16. The summed E-state index contributed by atoms with van der Waals surface area (Å²) in [5.41, 5.74) is 7.31. The van der Waals surface area contributed by atoms with Crippen LogP contribution in [0.3, 0.4) is 0 Å². The lowest BCUT2D eigenvalue weighted by molar-refractivity contribution is 0.254. The average Bonchev–Trinajstić information content (AvgIpc) is 2.39. The third-order valence-electron chi connectivity index (χ3n) is 4.04. The van der Waals surface area contributed by atoms with Crippen molar-refractivity contribution in [3.8, 4) is 0 Å². The van der Waals surface area contributed by atoms with Crippen LogP contribution < -0.4 is 11.1 Å². The van der Waals surface area contributed by atoms with Crippen LogP contribution in [0, 0.1) is 11.8 Å².